The van der Waals surface area contributed by atoms with Gasteiger partial charge in [-0.05, 0) is 43.4 Å². The zero-order chi connectivity index (χ0) is 13.0. The zero-order valence-corrected chi connectivity index (χ0v) is 11.1. The molecular formula is C15H21NO2. The van der Waals surface area contributed by atoms with Crippen molar-refractivity contribution >= 4 is 5.71 Å². The average Bonchev–Trinajstić information content (AvgIpc) is 2.47. The van der Waals surface area contributed by atoms with Crippen molar-refractivity contribution in [3.8, 4) is 5.75 Å². The van der Waals surface area contributed by atoms with E-state index in [9.17, 15) is 5.21 Å². The van der Waals surface area contributed by atoms with Gasteiger partial charge in [0.05, 0.1) is 12.8 Å². The van der Waals surface area contributed by atoms with E-state index in [1.165, 1.54) is 12.0 Å². The molecule has 3 heteroatoms. The molecule has 1 aromatic carbocycles. The van der Waals surface area contributed by atoms with E-state index < -0.39 is 0 Å². The molecule has 2 rings (SSSR count). The Morgan fingerprint density at radius 3 is 2.89 bits per heavy atom. The first-order valence-corrected chi connectivity index (χ1v) is 6.63. The van der Waals surface area contributed by atoms with E-state index in [-0.39, 0.29) is 5.41 Å². The van der Waals surface area contributed by atoms with Gasteiger partial charge in [0, 0.05) is 5.41 Å². The van der Waals surface area contributed by atoms with E-state index in [1.807, 2.05) is 12.1 Å². The van der Waals surface area contributed by atoms with Gasteiger partial charge in [-0.15, -0.1) is 0 Å². The predicted octanol–water partition coefficient (Wildman–Crippen LogP) is 3.75. The van der Waals surface area contributed by atoms with Crippen molar-refractivity contribution in [2.45, 2.75) is 44.4 Å². The Bertz CT molecular complexity index is 442. The van der Waals surface area contributed by atoms with Crippen LogP contribution in [0.1, 0.15) is 44.6 Å². The van der Waals surface area contributed by atoms with Crippen molar-refractivity contribution in [2.75, 3.05) is 7.11 Å². The number of ether oxygens (including phenoxy) is 1. The van der Waals surface area contributed by atoms with Gasteiger partial charge in [-0.1, -0.05) is 30.6 Å². The number of methoxy groups -OCH3 is 1. The molecule has 0 spiro atoms. The molecule has 98 valence electrons. The molecule has 1 aliphatic rings. The third kappa shape index (κ3) is 2.09. The van der Waals surface area contributed by atoms with Crippen molar-refractivity contribution in [1.29, 1.82) is 0 Å². The Hall–Kier alpha value is -1.51. The number of nitrogens with zero attached hydrogens (tertiary/aromatic N) is 1. The highest BCUT2D eigenvalue weighted by Crippen LogP contribution is 2.41. The summed E-state index contributed by atoms with van der Waals surface area (Å²) >= 11 is 0. The van der Waals surface area contributed by atoms with E-state index in [2.05, 4.69) is 24.2 Å². The van der Waals surface area contributed by atoms with E-state index in [0.29, 0.717) is 0 Å². The summed E-state index contributed by atoms with van der Waals surface area (Å²) < 4.78 is 5.30. The largest absolute Gasteiger partial charge is 0.497 e. The van der Waals surface area contributed by atoms with Crippen molar-refractivity contribution in [3.05, 3.63) is 29.8 Å². The summed E-state index contributed by atoms with van der Waals surface area (Å²) in [5, 5.41) is 12.9. The van der Waals surface area contributed by atoms with E-state index in [1.54, 1.807) is 7.11 Å². The fourth-order valence-corrected chi connectivity index (χ4v) is 3.07. The SMILES string of the molecule is CCC1(c2cccc(OC)c2)CCCCC1=NO. The standard InChI is InChI=1S/C15H21NO2/c1-3-15(10-5-4-9-14(15)16-17)12-7-6-8-13(11-12)18-2/h6-8,11,17H,3-5,9-10H2,1-2H3. The average molecular weight is 247 g/mol. The molecule has 0 heterocycles. The molecule has 0 radical (unpaired) electrons. The van der Waals surface area contributed by atoms with Gasteiger partial charge in [0.25, 0.3) is 0 Å². The van der Waals surface area contributed by atoms with Gasteiger partial charge in [-0.25, -0.2) is 0 Å². The van der Waals surface area contributed by atoms with Crippen LogP contribution in [0.3, 0.4) is 0 Å². The monoisotopic (exact) mass is 247 g/mol. The second-order valence-electron chi connectivity index (χ2n) is 4.92. The molecule has 1 fully saturated rings. The highest BCUT2D eigenvalue weighted by molar-refractivity contribution is 5.95. The van der Waals surface area contributed by atoms with Gasteiger partial charge in [0.15, 0.2) is 0 Å². The summed E-state index contributed by atoms with van der Waals surface area (Å²) in [6.07, 6.45) is 5.20. The fraction of sp³-hybridized carbons (Fsp3) is 0.533. The Morgan fingerprint density at radius 1 is 1.39 bits per heavy atom. The van der Waals surface area contributed by atoms with Crippen LogP contribution in [-0.2, 0) is 5.41 Å². The highest BCUT2D eigenvalue weighted by atomic mass is 16.5. The molecule has 1 saturated carbocycles. The molecule has 0 bridgehead atoms. The molecule has 1 aromatic rings. The smallest absolute Gasteiger partial charge is 0.119 e. The van der Waals surface area contributed by atoms with E-state index in [0.717, 1.165) is 37.1 Å². The van der Waals surface area contributed by atoms with Crippen LogP contribution in [0, 0.1) is 0 Å². The maximum Gasteiger partial charge on any atom is 0.119 e. The Labute approximate surface area is 108 Å². The minimum Gasteiger partial charge on any atom is -0.497 e. The molecule has 1 aliphatic carbocycles. The maximum atomic E-state index is 9.30. The molecule has 0 aliphatic heterocycles. The van der Waals surface area contributed by atoms with E-state index in [4.69, 9.17) is 4.74 Å². The fourth-order valence-electron chi connectivity index (χ4n) is 3.07. The lowest BCUT2D eigenvalue weighted by atomic mass is 9.66. The van der Waals surface area contributed by atoms with Crippen molar-refractivity contribution in [3.63, 3.8) is 0 Å². The van der Waals surface area contributed by atoms with Gasteiger partial charge >= 0.3 is 0 Å². The first kappa shape index (κ1) is 12.9. The van der Waals surface area contributed by atoms with Crippen LogP contribution in [0.15, 0.2) is 29.4 Å². The summed E-state index contributed by atoms with van der Waals surface area (Å²) in [4.78, 5) is 0. The Balaban J connectivity index is 2.47. The number of hydrogen-bond acceptors (Lipinski definition) is 3. The van der Waals surface area contributed by atoms with Crippen molar-refractivity contribution in [1.82, 2.24) is 0 Å². The van der Waals surface area contributed by atoms with Crippen LogP contribution in [0.2, 0.25) is 0 Å². The topological polar surface area (TPSA) is 41.8 Å². The lowest BCUT2D eigenvalue weighted by Gasteiger charge is -2.37. The second-order valence-corrected chi connectivity index (χ2v) is 4.92. The molecular weight excluding hydrogens is 226 g/mol. The third-order valence-corrected chi connectivity index (χ3v) is 4.17. The summed E-state index contributed by atoms with van der Waals surface area (Å²) in [6.45, 7) is 2.16. The van der Waals surface area contributed by atoms with Gasteiger partial charge in [0.1, 0.15) is 5.75 Å². The summed E-state index contributed by atoms with van der Waals surface area (Å²) in [5.41, 5.74) is 2.02. The number of oxime groups is 1. The third-order valence-electron chi connectivity index (χ3n) is 4.17. The molecule has 0 amide bonds. The van der Waals surface area contributed by atoms with Crippen molar-refractivity contribution in [2.24, 2.45) is 5.16 Å². The van der Waals surface area contributed by atoms with Crippen LogP contribution < -0.4 is 4.74 Å². The first-order valence-electron chi connectivity index (χ1n) is 6.63. The molecule has 18 heavy (non-hydrogen) atoms. The molecule has 1 unspecified atom stereocenters. The second kappa shape index (κ2) is 5.42. The molecule has 0 aromatic heterocycles. The Morgan fingerprint density at radius 2 is 2.22 bits per heavy atom. The lowest BCUT2D eigenvalue weighted by Crippen LogP contribution is -2.38. The number of rotatable bonds is 3. The predicted molar refractivity (Wildman–Crippen MR) is 72.7 cm³/mol. The molecule has 3 nitrogen and oxygen atoms in total. The number of benzene rings is 1. The zero-order valence-electron chi connectivity index (χ0n) is 11.1. The van der Waals surface area contributed by atoms with Crippen LogP contribution in [0.5, 0.6) is 5.75 Å². The first-order chi connectivity index (χ1) is 8.76. The van der Waals surface area contributed by atoms with Gasteiger partial charge < -0.3 is 9.94 Å². The number of hydrogen-bond donors (Lipinski definition) is 1. The minimum absolute atomic E-state index is 0.110. The van der Waals surface area contributed by atoms with Gasteiger partial charge in [-0.3, -0.25) is 0 Å². The van der Waals surface area contributed by atoms with Crippen LogP contribution in [0.4, 0.5) is 0 Å². The normalized spacial score (nSPS) is 26.2. The lowest BCUT2D eigenvalue weighted by molar-refractivity contribution is 0.302. The molecule has 1 N–H and O–H groups in total. The molecule has 1 atom stereocenters. The van der Waals surface area contributed by atoms with Crippen LogP contribution in [0.25, 0.3) is 0 Å². The quantitative estimate of drug-likeness (QED) is 0.653. The summed E-state index contributed by atoms with van der Waals surface area (Å²) in [5.74, 6) is 0.864. The van der Waals surface area contributed by atoms with Crippen LogP contribution in [-0.4, -0.2) is 18.0 Å². The maximum absolute atomic E-state index is 9.30. The molecule has 0 saturated heterocycles. The van der Waals surface area contributed by atoms with Crippen LogP contribution >= 0.6 is 0 Å². The summed E-state index contributed by atoms with van der Waals surface area (Å²) in [7, 11) is 1.68. The Kier molecular flexibility index (Phi) is 3.90. The van der Waals surface area contributed by atoms with E-state index >= 15 is 0 Å². The highest BCUT2D eigenvalue weighted by Gasteiger charge is 2.38. The van der Waals surface area contributed by atoms with Crippen molar-refractivity contribution < 1.29 is 9.94 Å². The van der Waals surface area contributed by atoms with Gasteiger partial charge in [-0.2, -0.15) is 0 Å². The van der Waals surface area contributed by atoms with Gasteiger partial charge in [0.2, 0.25) is 0 Å². The summed E-state index contributed by atoms with van der Waals surface area (Å²) in [6, 6.07) is 8.14. The minimum atomic E-state index is -0.110.